The number of carbonyl (C=O) groups excluding carboxylic acids is 2. The van der Waals surface area contributed by atoms with Gasteiger partial charge in [-0.15, -0.1) is 10.2 Å². The standard InChI is InChI=1S/C23H36N6O2S/c1-8-28(9-2)18-13-11-17(12-14-18)21-25-26-22(29(21)10-3)32-16-20(31)27(7)15-19(30)24-23(4,5)6/h11-14H,8-10,15-16H2,1-7H3,(H,24,30). The molecule has 0 saturated carbocycles. The highest BCUT2D eigenvalue weighted by Crippen LogP contribution is 2.26. The SMILES string of the molecule is CCN(CC)c1ccc(-c2nnc(SCC(=O)N(C)CC(=O)NC(C)(C)C)n2CC)cc1. The van der Waals surface area contributed by atoms with Gasteiger partial charge in [-0.05, 0) is 65.8 Å². The van der Waals surface area contributed by atoms with Crippen LogP contribution in [0.15, 0.2) is 29.4 Å². The Labute approximate surface area is 195 Å². The first-order valence-electron chi connectivity index (χ1n) is 11.1. The molecule has 0 aliphatic rings. The second kappa shape index (κ2) is 11.4. The van der Waals surface area contributed by atoms with E-state index in [2.05, 4.69) is 58.5 Å². The summed E-state index contributed by atoms with van der Waals surface area (Å²) in [4.78, 5) is 28.3. The molecule has 0 radical (unpaired) electrons. The zero-order valence-electron chi connectivity index (χ0n) is 20.3. The molecule has 2 aromatic rings. The molecule has 0 unspecified atom stereocenters. The molecule has 0 saturated heterocycles. The number of hydrogen-bond donors (Lipinski definition) is 1. The number of rotatable bonds is 10. The smallest absolute Gasteiger partial charge is 0.240 e. The highest BCUT2D eigenvalue weighted by atomic mass is 32.2. The maximum absolute atomic E-state index is 12.5. The van der Waals surface area contributed by atoms with Crippen molar-refractivity contribution in [3.8, 4) is 11.4 Å². The number of benzene rings is 1. The van der Waals surface area contributed by atoms with Crippen LogP contribution in [-0.2, 0) is 16.1 Å². The summed E-state index contributed by atoms with van der Waals surface area (Å²) in [5.74, 6) is 0.671. The molecule has 0 atom stereocenters. The average molecular weight is 461 g/mol. The minimum absolute atomic E-state index is 0.0290. The molecule has 0 bridgehead atoms. The van der Waals surface area contributed by atoms with Crippen molar-refractivity contribution >= 4 is 29.3 Å². The molecule has 2 amide bonds. The van der Waals surface area contributed by atoms with Crippen LogP contribution >= 0.6 is 11.8 Å². The van der Waals surface area contributed by atoms with Crippen LogP contribution in [0.4, 0.5) is 5.69 Å². The van der Waals surface area contributed by atoms with Crippen LogP contribution in [-0.4, -0.2) is 69.5 Å². The Morgan fingerprint density at radius 3 is 2.22 bits per heavy atom. The van der Waals surface area contributed by atoms with Gasteiger partial charge in [-0.1, -0.05) is 11.8 Å². The van der Waals surface area contributed by atoms with Gasteiger partial charge in [-0.25, -0.2) is 0 Å². The number of nitrogens with zero attached hydrogens (tertiary/aromatic N) is 5. The van der Waals surface area contributed by atoms with Crippen molar-refractivity contribution in [2.24, 2.45) is 0 Å². The van der Waals surface area contributed by atoms with Gasteiger partial charge in [-0.3, -0.25) is 9.59 Å². The third-order valence-electron chi connectivity index (χ3n) is 4.93. The summed E-state index contributed by atoms with van der Waals surface area (Å²) in [5.41, 5.74) is 1.84. The molecule has 0 fully saturated rings. The van der Waals surface area contributed by atoms with Gasteiger partial charge in [0.05, 0.1) is 12.3 Å². The molecular formula is C23H36N6O2S. The largest absolute Gasteiger partial charge is 0.372 e. The van der Waals surface area contributed by atoms with Gasteiger partial charge in [0, 0.05) is 43.5 Å². The van der Waals surface area contributed by atoms with Gasteiger partial charge < -0.3 is 19.7 Å². The van der Waals surface area contributed by atoms with Crippen LogP contribution < -0.4 is 10.2 Å². The second-order valence-electron chi connectivity index (χ2n) is 8.61. The van der Waals surface area contributed by atoms with E-state index >= 15 is 0 Å². The van der Waals surface area contributed by atoms with E-state index in [0.29, 0.717) is 11.7 Å². The molecule has 0 spiro atoms. The lowest BCUT2D eigenvalue weighted by Gasteiger charge is -2.23. The van der Waals surface area contributed by atoms with Crippen molar-refractivity contribution in [1.29, 1.82) is 0 Å². The van der Waals surface area contributed by atoms with Gasteiger partial charge in [0.1, 0.15) is 0 Å². The Morgan fingerprint density at radius 1 is 1.06 bits per heavy atom. The molecule has 0 aliphatic carbocycles. The minimum atomic E-state index is -0.326. The van der Waals surface area contributed by atoms with E-state index in [1.807, 2.05) is 32.3 Å². The fourth-order valence-corrected chi connectivity index (χ4v) is 4.24. The highest BCUT2D eigenvalue weighted by Gasteiger charge is 2.20. The molecule has 1 heterocycles. The van der Waals surface area contributed by atoms with Crippen molar-refractivity contribution < 1.29 is 9.59 Å². The molecule has 1 aromatic carbocycles. The Balaban J connectivity index is 2.04. The lowest BCUT2D eigenvalue weighted by Crippen LogP contribution is -2.46. The first-order chi connectivity index (χ1) is 15.1. The number of thioether (sulfide) groups is 1. The number of likely N-dealkylation sites (N-methyl/N-ethyl adjacent to an activating group) is 1. The molecule has 176 valence electrons. The van der Waals surface area contributed by atoms with Crippen molar-refractivity contribution in [3.63, 3.8) is 0 Å². The molecular weight excluding hydrogens is 424 g/mol. The van der Waals surface area contributed by atoms with Crippen LogP contribution in [0.5, 0.6) is 0 Å². The van der Waals surface area contributed by atoms with Gasteiger partial charge in [0.25, 0.3) is 0 Å². The monoisotopic (exact) mass is 460 g/mol. The number of nitrogens with one attached hydrogen (secondary N) is 1. The molecule has 2 rings (SSSR count). The Kier molecular flexibility index (Phi) is 9.12. The first kappa shape index (κ1) is 25.7. The van der Waals surface area contributed by atoms with Crippen molar-refractivity contribution in [3.05, 3.63) is 24.3 Å². The van der Waals surface area contributed by atoms with Gasteiger partial charge in [0.2, 0.25) is 11.8 Å². The van der Waals surface area contributed by atoms with E-state index in [9.17, 15) is 9.59 Å². The molecule has 8 nitrogen and oxygen atoms in total. The van der Waals surface area contributed by atoms with Crippen LogP contribution in [0, 0.1) is 0 Å². The summed E-state index contributed by atoms with van der Waals surface area (Å²) in [6, 6.07) is 8.33. The normalized spacial score (nSPS) is 11.3. The fraction of sp³-hybridized carbons (Fsp3) is 0.565. The number of amides is 2. The highest BCUT2D eigenvalue weighted by molar-refractivity contribution is 7.99. The predicted molar refractivity (Wildman–Crippen MR) is 131 cm³/mol. The lowest BCUT2D eigenvalue weighted by atomic mass is 10.1. The average Bonchev–Trinajstić information content (AvgIpc) is 3.14. The summed E-state index contributed by atoms with van der Waals surface area (Å²) >= 11 is 1.34. The molecule has 9 heteroatoms. The summed E-state index contributed by atoms with van der Waals surface area (Å²) in [6.07, 6.45) is 0. The van der Waals surface area contributed by atoms with Crippen LogP contribution in [0.1, 0.15) is 41.5 Å². The third-order valence-corrected chi connectivity index (χ3v) is 5.88. The van der Waals surface area contributed by atoms with Crippen LogP contribution in [0.25, 0.3) is 11.4 Å². The number of hydrogen-bond acceptors (Lipinski definition) is 6. The van der Waals surface area contributed by atoms with E-state index in [1.165, 1.54) is 22.3 Å². The van der Waals surface area contributed by atoms with E-state index in [4.69, 9.17) is 0 Å². The van der Waals surface area contributed by atoms with Crippen LogP contribution in [0.3, 0.4) is 0 Å². The summed E-state index contributed by atoms with van der Waals surface area (Å²) in [6.45, 7) is 14.7. The summed E-state index contributed by atoms with van der Waals surface area (Å²) in [5, 5.41) is 12.2. The van der Waals surface area contributed by atoms with Crippen molar-refractivity contribution in [2.75, 3.05) is 37.3 Å². The minimum Gasteiger partial charge on any atom is -0.372 e. The maximum atomic E-state index is 12.5. The summed E-state index contributed by atoms with van der Waals surface area (Å²) in [7, 11) is 1.64. The number of carbonyl (C=O) groups is 2. The summed E-state index contributed by atoms with van der Waals surface area (Å²) < 4.78 is 2.01. The molecule has 32 heavy (non-hydrogen) atoms. The van der Waals surface area contributed by atoms with Crippen molar-refractivity contribution in [2.45, 2.75) is 58.8 Å². The van der Waals surface area contributed by atoms with Crippen molar-refractivity contribution in [1.82, 2.24) is 25.0 Å². The van der Waals surface area contributed by atoms with E-state index in [0.717, 1.165) is 24.5 Å². The Bertz CT molecular complexity index is 900. The van der Waals surface area contributed by atoms with Crippen LogP contribution in [0.2, 0.25) is 0 Å². The first-order valence-corrected chi connectivity index (χ1v) is 12.0. The fourth-order valence-electron chi connectivity index (χ4n) is 3.30. The zero-order valence-corrected chi connectivity index (χ0v) is 21.1. The topological polar surface area (TPSA) is 83.4 Å². The lowest BCUT2D eigenvalue weighted by molar-refractivity contribution is -0.133. The molecule has 0 aliphatic heterocycles. The third kappa shape index (κ3) is 6.98. The van der Waals surface area contributed by atoms with E-state index < -0.39 is 0 Å². The second-order valence-corrected chi connectivity index (χ2v) is 9.55. The van der Waals surface area contributed by atoms with Gasteiger partial charge in [0.15, 0.2) is 11.0 Å². The predicted octanol–water partition coefficient (Wildman–Crippen LogP) is 3.28. The molecule has 1 aromatic heterocycles. The van der Waals surface area contributed by atoms with E-state index in [1.54, 1.807) is 7.05 Å². The van der Waals surface area contributed by atoms with Gasteiger partial charge in [-0.2, -0.15) is 0 Å². The van der Waals surface area contributed by atoms with Gasteiger partial charge >= 0.3 is 0 Å². The Morgan fingerprint density at radius 2 is 1.69 bits per heavy atom. The Hall–Kier alpha value is -2.55. The number of anilines is 1. The quantitative estimate of drug-likeness (QED) is 0.548. The zero-order chi connectivity index (χ0) is 23.9. The molecule has 1 N–H and O–H groups in total. The number of aromatic nitrogens is 3. The van der Waals surface area contributed by atoms with E-state index in [-0.39, 0.29) is 29.7 Å². The maximum Gasteiger partial charge on any atom is 0.240 e.